The second-order valence-corrected chi connectivity index (χ2v) is 9.22. The fraction of sp³-hybridized carbons (Fsp3) is 0.680. The highest BCUT2D eigenvalue weighted by molar-refractivity contribution is 5.94. The number of likely N-dealkylation sites (tertiary alicyclic amines) is 1. The van der Waals surface area contributed by atoms with Crippen molar-refractivity contribution < 1.29 is 14.3 Å². The highest BCUT2D eigenvalue weighted by Crippen LogP contribution is 2.28. The first-order valence-corrected chi connectivity index (χ1v) is 12.2. The van der Waals surface area contributed by atoms with E-state index in [0.29, 0.717) is 18.7 Å². The number of amides is 1. The van der Waals surface area contributed by atoms with Gasteiger partial charge in [0.2, 0.25) is 0 Å². The first-order chi connectivity index (χ1) is 15.2. The molecule has 31 heavy (non-hydrogen) atoms. The minimum atomic E-state index is -0.0667. The fourth-order valence-electron chi connectivity index (χ4n) is 5.50. The van der Waals surface area contributed by atoms with Crippen LogP contribution in [-0.4, -0.2) is 61.1 Å². The van der Waals surface area contributed by atoms with Gasteiger partial charge < -0.3 is 15.0 Å². The van der Waals surface area contributed by atoms with Gasteiger partial charge >= 0.3 is 5.97 Å². The summed E-state index contributed by atoms with van der Waals surface area (Å²) in [6, 6.07) is 8.78. The van der Waals surface area contributed by atoms with Crippen LogP contribution in [0.4, 0.5) is 5.69 Å². The SMILES string of the molecule is CCOC(=O)C1CCCCN1C1CCN(c2ccc(C(=O)NC3CCCC3)cc2)CC1. The van der Waals surface area contributed by atoms with Gasteiger partial charge in [0.05, 0.1) is 6.61 Å². The molecule has 3 fully saturated rings. The van der Waals surface area contributed by atoms with Crippen molar-refractivity contribution in [3.05, 3.63) is 29.8 Å². The van der Waals surface area contributed by atoms with Crippen molar-refractivity contribution in [2.45, 2.75) is 82.8 Å². The second kappa shape index (κ2) is 10.5. The third-order valence-corrected chi connectivity index (χ3v) is 7.22. The Balaban J connectivity index is 1.31. The molecule has 0 spiro atoms. The third kappa shape index (κ3) is 5.40. The van der Waals surface area contributed by atoms with Gasteiger partial charge in [0, 0.05) is 36.4 Å². The van der Waals surface area contributed by atoms with E-state index in [9.17, 15) is 9.59 Å². The maximum Gasteiger partial charge on any atom is 0.323 e. The van der Waals surface area contributed by atoms with E-state index in [2.05, 4.69) is 27.2 Å². The standard InChI is InChI=1S/C25H37N3O3/c1-2-31-25(30)23-9-5-6-16-28(23)22-14-17-27(18-15-22)21-12-10-19(11-13-21)24(29)26-20-7-3-4-8-20/h10-13,20,22-23H,2-9,14-18H2,1H3,(H,26,29). The average Bonchev–Trinajstić information content (AvgIpc) is 3.32. The molecule has 170 valence electrons. The first kappa shape index (κ1) is 22.1. The number of anilines is 1. The van der Waals surface area contributed by atoms with E-state index in [1.165, 1.54) is 24.9 Å². The molecule has 4 rings (SSSR count). The van der Waals surface area contributed by atoms with Crippen LogP contribution in [0.25, 0.3) is 0 Å². The molecule has 6 heteroatoms. The molecule has 1 aliphatic carbocycles. The molecule has 1 N–H and O–H groups in total. The van der Waals surface area contributed by atoms with E-state index in [4.69, 9.17) is 4.74 Å². The number of piperidine rings is 2. The summed E-state index contributed by atoms with van der Waals surface area (Å²) in [6.07, 6.45) is 9.96. The fourth-order valence-corrected chi connectivity index (χ4v) is 5.50. The molecule has 1 aromatic rings. The van der Waals surface area contributed by atoms with Crippen LogP contribution in [0.15, 0.2) is 24.3 Å². The highest BCUT2D eigenvalue weighted by atomic mass is 16.5. The number of carbonyl (C=O) groups is 2. The number of nitrogens with one attached hydrogen (secondary N) is 1. The molecule has 2 saturated heterocycles. The molecule has 1 saturated carbocycles. The molecule has 1 aromatic carbocycles. The summed E-state index contributed by atoms with van der Waals surface area (Å²) >= 11 is 0. The van der Waals surface area contributed by atoms with Crippen molar-refractivity contribution in [2.24, 2.45) is 0 Å². The maximum atomic E-state index is 12.5. The number of benzene rings is 1. The second-order valence-electron chi connectivity index (χ2n) is 9.22. The normalized spacial score (nSPS) is 23.6. The van der Waals surface area contributed by atoms with Crippen molar-refractivity contribution in [2.75, 3.05) is 31.1 Å². The van der Waals surface area contributed by atoms with Crippen molar-refractivity contribution in [1.82, 2.24) is 10.2 Å². The Hall–Kier alpha value is -2.08. The number of hydrogen-bond donors (Lipinski definition) is 1. The Kier molecular flexibility index (Phi) is 7.49. The van der Waals surface area contributed by atoms with Gasteiger partial charge in [-0.25, -0.2) is 0 Å². The summed E-state index contributed by atoms with van der Waals surface area (Å²) < 4.78 is 5.34. The molecule has 0 bridgehead atoms. The Morgan fingerprint density at radius 2 is 1.61 bits per heavy atom. The topological polar surface area (TPSA) is 61.9 Å². The number of carbonyl (C=O) groups excluding carboxylic acids is 2. The van der Waals surface area contributed by atoms with Crippen molar-refractivity contribution in [3.8, 4) is 0 Å². The zero-order valence-electron chi connectivity index (χ0n) is 18.9. The van der Waals surface area contributed by atoms with Gasteiger partial charge in [-0.3, -0.25) is 14.5 Å². The summed E-state index contributed by atoms with van der Waals surface area (Å²) in [6.45, 7) is 5.29. The number of esters is 1. The van der Waals surface area contributed by atoms with Gasteiger partial charge in [-0.15, -0.1) is 0 Å². The monoisotopic (exact) mass is 427 g/mol. The van der Waals surface area contributed by atoms with Crippen molar-refractivity contribution >= 4 is 17.6 Å². The Bertz CT molecular complexity index is 737. The van der Waals surface area contributed by atoms with E-state index in [1.807, 2.05) is 19.1 Å². The predicted octanol–water partition coefficient (Wildman–Crippen LogP) is 3.75. The van der Waals surface area contributed by atoms with Gasteiger partial charge in [-0.1, -0.05) is 19.3 Å². The van der Waals surface area contributed by atoms with Gasteiger partial charge in [0.1, 0.15) is 6.04 Å². The molecule has 2 aliphatic heterocycles. The molecule has 1 unspecified atom stereocenters. The van der Waals surface area contributed by atoms with Crippen LogP contribution in [0.2, 0.25) is 0 Å². The lowest BCUT2D eigenvalue weighted by Gasteiger charge is -2.44. The van der Waals surface area contributed by atoms with Crippen molar-refractivity contribution in [1.29, 1.82) is 0 Å². The molecule has 0 radical (unpaired) electrons. The zero-order chi connectivity index (χ0) is 21.6. The lowest BCUT2D eigenvalue weighted by atomic mass is 9.94. The van der Waals surface area contributed by atoms with Gasteiger partial charge in [-0.05, 0) is 76.3 Å². The lowest BCUT2D eigenvalue weighted by Crippen LogP contribution is -2.54. The first-order valence-electron chi connectivity index (χ1n) is 12.2. The minimum Gasteiger partial charge on any atom is -0.465 e. The van der Waals surface area contributed by atoms with E-state index in [-0.39, 0.29) is 17.9 Å². The summed E-state index contributed by atoms with van der Waals surface area (Å²) in [5.41, 5.74) is 1.92. The van der Waals surface area contributed by atoms with E-state index >= 15 is 0 Å². The van der Waals surface area contributed by atoms with E-state index in [1.54, 1.807) is 0 Å². The van der Waals surface area contributed by atoms with Crippen LogP contribution in [0, 0.1) is 0 Å². The Labute approximate surface area is 186 Å². The number of rotatable bonds is 6. The molecule has 0 aromatic heterocycles. The summed E-state index contributed by atoms with van der Waals surface area (Å²) in [7, 11) is 0. The largest absolute Gasteiger partial charge is 0.465 e. The lowest BCUT2D eigenvalue weighted by molar-refractivity contribution is -0.152. The molecule has 1 amide bonds. The third-order valence-electron chi connectivity index (χ3n) is 7.22. The average molecular weight is 428 g/mol. The van der Waals surface area contributed by atoms with Crippen LogP contribution >= 0.6 is 0 Å². The van der Waals surface area contributed by atoms with Crippen LogP contribution in [0.1, 0.15) is 75.1 Å². The number of hydrogen-bond acceptors (Lipinski definition) is 5. The molecule has 1 atom stereocenters. The van der Waals surface area contributed by atoms with Crippen LogP contribution in [-0.2, 0) is 9.53 Å². The quantitative estimate of drug-likeness (QED) is 0.701. The Morgan fingerprint density at radius 1 is 0.935 bits per heavy atom. The molecular formula is C25H37N3O3. The number of nitrogens with zero attached hydrogens (tertiary/aromatic N) is 2. The predicted molar refractivity (Wildman–Crippen MR) is 122 cm³/mol. The summed E-state index contributed by atoms with van der Waals surface area (Å²) in [5.74, 6) is 0.00311. The van der Waals surface area contributed by atoms with Gasteiger partial charge in [0.15, 0.2) is 0 Å². The molecule has 2 heterocycles. The minimum absolute atomic E-state index is 0.0453. The van der Waals surface area contributed by atoms with Crippen LogP contribution in [0.3, 0.4) is 0 Å². The van der Waals surface area contributed by atoms with Crippen LogP contribution in [0.5, 0.6) is 0 Å². The van der Waals surface area contributed by atoms with E-state index < -0.39 is 0 Å². The zero-order valence-corrected chi connectivity index (χ0v) is 18.9. The van der Waals surface area contributed by atoms with Gasteiger partial charge in [0.25, 0.3) is 5.91 Å². The van der Waals surface area contributed by atoms with Crippen molar-refractivity contribution in [3.63, 3.8) is 0 Å². The highest BCUT2D eigenvalue weighted by Gasteiger charge is 2.36. The summed E-state index contributed by atoms with van der Waals surface area (Å²) in [4.78, 5) is 29.7. The Morgan fingerprint density at radius 3 is 2.29 bits per heavy atom. The molecule has 3 aliphatic rings. The molecule has 6 nitrogen and oxygen atoms in total. The summed E-state index contributed by atoms with van der Waals surface area (Å²) in [5, 5.41) is 3.16. The number of ether oxygens (including phenoxy) is 1. The molecular weight excluding hydrogens is 390 g/mol. The van der Waals surface area contributed by atoms with Crippen LogP contribution < -0.4 is 10.2 Å². The van der Waals surface area contributed by atoms with E-state index in [0.717, 1.165) is 63.7 Å². The van der Waals surface area contributed by atoms with Gasteiger partial charge in [-0.2, -0.15) is 0 Å². The smallest absolute Gasteiger partial charge is 0.323 e. The maximum absolute atomic E-state index is 12.5.